The van der Waals surface area contributed by atoms with Crippen molar-refractivity contribution >= 4 is 23.1 Å². The van der Waals surface area contributed by atoms with Gasteiger partial charge in [0, 0.05) is 28.7 Å². The number of benzene rings is 1. The second-order valence-electron chi connectivity index (χ2n) is 4.96. The molecule has 2 N–H and O–H groups in total. The van der Waals surface area contributed by atoms with Gasteiger partial charge < -0.3 is 10.1 Å². The number of nitrogens with two attached hydrogens (primary N) is 1. The number of thioether (sulfide) groups is 1. The largest absolute Gasteiger partial charge is 0.398 e. The lowest BCUT2D eigenvalue weighted by Crippen LogP contribution is -1.91. The standard InChI is InChI=1S/C16H17N3S/c1-11-6-7-16-18-13(9-19(16)8-11)10-20-15-5-3-4-14(17)12(15)2/h3-9H,10,17H2,1-2H3. The summed E-state index contributed by atoms with van der Waals surface area (Å²) >= 11 is 1.78. The van der Waals surface area contributed by atoms with Gasteiger partial charge in [0.2, 0.25) is 0 Å². The fraction of sp³-hybridized carbons (Fsp3) is 0.188. The highest BCUT2D eigenvalue weighted by Crippen LogP contribution is 2.28. The van der Waals surface area contributed by atoms with Crippen LogP contribution in [0.3, 0.4) is 0 Å². The molecule has 3 rings (SSSR count). The zero-order valence-corrected chi connectivity index (χ0v) is 12.4. The lowest BCUT2D eigenvalue weighted by Gasteiger charge is -2.06. The van der Waals surface area contributed by atoms with E-state index in [1.807, 2.05) is 12.1 Å². The average Bonchev–Trinajstić information content (AvgIpc) is 2.82. The van der Waals surface area contributed by atoms with Gasteiger partial charge in [0.1, 0.15) is 5.65 Å². The molecule has 0 unspecified atom stereocenters. The van der Waals surface area contributed by atoms with E-state index in [9.17, 15) is 0 Å². The molecule has 1 aromatic carbocycles. The number of pyridine rings is 1. The molecule has 0 aliphatic rings. The van der Waals surface area contributed by atoms with E-state index in [0.717, 1.165) is 28.3 Å². The number of nitrogens with zero attached hydrogens (tertiary/aromatic N) is 2. The van der Waals surface area contributed by atoms with Crippen LogP contribution in [0, 0.1) is 13.8 Å². The van der Waals surface area contributed by atoms with Gasteiger partial charge in [-0.3, -0.25) is 0 Å². The van der Waals surface area contributed by atoms with Gasteiger partial charge in [-0.15, -0.1) is 11.8 Å². The molecule has 20 heavy (non-hydrogen) atoms. The molecular formula is C16H17N3S. The average molecular weight is 283 g/mol. The van der Waals surface area contributed by atoms with Crippen molar-refractivity contribution in [2.75, 3.05) is 5.73 Å². The molecule has 0 saturated carbocycles. The molecule has 0 radical (unpaired) electrons. The summed E-state index contributed by atoms with van der Waals surface area (Å²) in [6.07, 6.45) is 4.19. The second kappa shape index (κ2) is 5.21. The summed E-state index contributed by atoms with van der Waals surface area (Å²) in [7, 11) is 0. The minimum Gasteiger partial charge on any atom is -0.398 e. The molecule has 0 atom stereocenters. The summed E-state index contributed by atoms with van der Waals surface area (Å²) in [5.74, 6) is 0.852. The summed E-state index contributed by atoms with van der Waals surface area (Å²) < 4.78 is 2.08. The molecule has 0 bridgehead atoms. The number of hydrogen-bond donors (Lipinski definition) is 1. The monoisotopic (exact) mass is 283 g/mol. The van der Waals surface area contributed by atoms with Gasteiger partial charge in [-0.25, -0.2) is 4.98 Å². The van der Waals surface area contributed by atoms with Crippen molar-refractivity contribution in [2.24, 2.45) is 0 Å². The van der Waals surface area contributed by atoms with Gasteiger partial charge in [-0.1, -0.05) is 12.1 Å². The molecule has 2 aromatic heterocycles. The van der Waals surface area contributed by atoms with E-state index in [0.29, 0.717) is 0 Å². The molecule has 0 fully saturated rings. The maximum Gasteiger partial charge on any atom is 0.137 e. The smallest absolute Gasteiger partial charge is 0.137 e. The van der Waals surface area contributed by atoms with Crippen LogP contribution in [0.25, 0.3) is 5.65 Å². The quantitative estimate of drug-likeness (QED) is 0.587. The zero-order chi connectivity index (χ0) is 14.1. The van der Waals surface area contributed by atoms with E-state index in [1.165, 1.54) is 10.5 Å². The molecule has 3 nitrogen and oxygen atoms in total. The Morgan fingerprint density at radius 3 is 2.85 bits per heavy atom. The molecule has 0 aliphatic carbocycles. The van der Waals surface area contributed by atoms with Crippen LogP contribution in [-0.4, -0.2) is 9.38 Å². The molecule has 0 saturated heterocycles. The number of aromatic nitrogens is 2. The van der Waals surface area contributed by atoms with Crippen LogP contribution in [0.4, 0.5) is 5.69 Å². The molecule has 0 spiro atoms. The molecule has 4 heteroatoms. The Morgan fingerprint density at radius 1 is 1.15 bits per heavy atom. The fourth-order valence-electron chi connectivity index (χ4n) is 2.16. The van der Waals surface area contributed by atoms with E-state index >= 15 is 0 Å². The van der Waals surface area contributed by atoms with Crippen molar-refractivity contribution in [3.63, 3.8) is 0 Å². The van der Waals surface area contributed by atoms with Gasteiger partial charge in [0.15, 0.2) is 0 Å². The minimum atomic E-state index is 0.848. The van der Waals surface area contributed by atoms with Crippen LogP contribution in [-0.2, 0) is 5.75 Å². The van der Waals surface area contributed by atoms with E-state index in [-0.39, 0.29) is 0 Å². The van der Waals surface area contributed by atoms with E-state index < -0.39 is 0 Å². The van der Waals surface area contributed by atoms with Crippen LogP contribution in [0.1, 0.15) is 16.8 Å². The van der Waals surface area contributed by atoms with Crippen molar-refractivity contribution in [3.8, 4) is 0 Å². The Kier molecular flexibility index (Phi) is 3.40. The first-order valence-corrected chi connectivity index (χ1v) is 7.54. The Morgan fingerprint density at radius 2 is 2.00 bits per heavy atom. The zero-order valence-electron chi connectivity index (χ0n) is 11.6. The number of hydrogen-bond acceptors (Lipinski definition) is 3. The van der Waals surface area contributed by atoms with Crippen molar-refractivity contribution in [3.05, 3.63) is 59.5 Å². The van der Waals surface area contributed by atoms with Crippen LogP contribution < -0.4 is 5.73 Å². The fourth-order valence-corrected chi connectivity index (χ4v) is 3.12. The SMILES string of the molecule is Cc1ccc2nc(CSc3cccc(N)c3C)cn2c1. The number of fused-ring (bicyclic) bond motifs is 1. The topological polar surface area (TPSA) is 43.3 Å². The number of rotatable bonds is 3. The van der Waals surface area contributed by atoms with Gasteiger partial charge in [-0.2, -0.15) is 0 Å². The lowest BCUT2D eigenvalue weighted by molar-refractivity contribution is 1.15. The predicted molar refractivity (Wildman–Crippen MR) is 85.1 cm³/mol. The van der Waals surface area contributed by atoms with Crippen molar-refractivity contribution < 1.29 is 0 Å². The molecule has 3 aromatic rings. The molecule has 2 heterocycles. The summed E-state index contributed by atoms with van der Waals surface area (Å²) in [5.41, 5.74) is 11.3. The predicted octanol–water partition coefficient (Wildman–Crippen LogP) is 3.83. The summed E-state index contributed by atoms with van der Waals surface area (Å²) in [6, 6.07) is 10.2. The molecular weight excluding hydrogens is 266 g/mol. The van der Waals surface area contributed by atoms with Gasteiger partial charge in [0.25, 0.3) is 0 Å². The van der Waals surface area contributed by atoms with Crippen molar-refractivity contribution in [2.45, 2.75) is 24.5 Å². The first-order chi connectivity index (χ1) is 9.63. The van der Waals surface area contributed by atoms with Crippen LogP contribution in [0.2, 0.25) is 0 Å². The third kappa shape index (κ3) is 2.51. The molecule has 0 amide bonds. The number of aryl methyl sites for hydroxylation is 1. The Hall–Kier alpha value is -1.94. The third-order valence-corrected chi connectivity index (χ3v) is 4.54. The van der Waals surface area contributed by atoms with Crippen molar-refractivity contribution in [1.29, 1.82) is 0 Å². The van der Waals surface area contributed by atoms with Gasteiger partial charge in [-0.05, 0) is 43.2 Å². The molecule has 0 aliphatic heterocycles. The van der Waals surface area contributed by atoms with Crippen LogP contribution >= 0.6 is 11.8 Å². The Bertz CT molecular complexity index is 762. The maximum atomic E-state index is 5.93. The number of anilines is 1. The van der Waals surface area contributed by atoms with E-state index in [4.69, 9.17) is 5.73 Å². The Labute approximate surface area is 122 Å². The van der Waals surface area contributed by atoms with E-state index in [1.54, 1.807) is 11.8 Å². The van der Waals surface area contributed by atoms with Gasteiger partial charge in [0.05, 0.1) is 5.69 Å². The summed E-state index contributed by atoms with van der Waals surface area (Å²) in [5, 5.41) is 0. The Balaban J connectivity index is 1.81. The number of nitrogen functional groups attached to an aromatic ring is 1. The highest BCUT2D eigenvalue weighted by molar-refractivity contribution is 7.98. The van der Waals surface area contributed by atoms with Crippen LogP contribution in [0.15, 0.2) is 47.6 Å². The minimum absolute atomic E-state index is 0.848. The summed E-state index contributed by atoms with van der Waals surface area (Å²) in [6.45, 7) is 4.15. The van der Waals surface area contributed by atoms with Crippen molar-refractivity contribution in [1.82, 2.24) is 9.38 Å². The molecule has 102 valence electrons. The van der Waals surface area contributed by atoms with E-state index in [2.05, 4.69) is 53.8 Å². The lowest BCUT2D eigenvalue weighted by atomic mass is 10.2. The first-order valence-electron chi connectivity index (χ1n) is 6.55. The first kappa shape index (κ1) is 13.1. The second-order valence-corrected chi connectivity index (χ2v) is 5.98. The third-order valence-electron chi connectivity index (χ3n) is 3.35. The maximum absolute atomic E-state index is 5.93. The van der Waals surface area contributed by atoms with Gasteiger partial charge >= 0.3 is 0 Å². The normalized spacial score (nSPS) is 11.1. The summed E-state index contributed by atoms with van der Waals surface area (Å²) in [4.78, 5) is 5.85. The highest BCUT2D eigenvalue weighted by atomic mass is 32.2. The number of imidazole rings is 1. The van der Waals surface area contributed by atoms with Crippen LogP contribution in [0.5, 0.6) is 0 Å². The highest BCUT2D eigenvalue weighted by Gasteiger charge is 2.05.